The fraction of sp³-hybridized carbons (Fsp3) is 0.263. The van der Waals surface area contributed by atoms with Crippen LogP contribution in [0.4, 0.5) is 0 Å². The van der Waals surface area contributed by atoms with Gasteiger partial charge in [-0.2, -0.15) is 0 Å². The quantitative estimate of drug-likeness (QED) is 0.572. The van der Waals surface area contributed by atoms with Gasteiger partial charge in [-0.3, -0.25) is 4.79 Å². The van der Waals surface area contributed by atoms with Gasteiger partial charge < -0.3 is 14.8 Å². The van der Waals surface area contributed by atoms with Gasteiger partial charge in [0.1, 0.15) is 5.75 Å². The summed E-state index contributed by atoms with van der Waals surface area (Å²) in [5, 5.41) is 2.55. The minimum atomic E-state index is -3.53. The van der Waals surface area contributed by atoms with Crippen LogP contribution in [0.25, 0.3) is 0 Å². The summed E-state index contributed by atoms with van der Waals surface area (Å²) in [4.78, 5) is 23.3. The Morgan fingerprint density at radius 3 is 2.50 bits per heavy atom. The van der Waals surface area contributed by atoms with E-state index in [0.29, 0.717) is 5.75 Å². The van der Waals surface area contributed by atoms with E-state index in [2.05, 4.69) is 14.8 Å². The molecule has 0 unspecified atom stereocenters. The van der Waals surface area contributed by atoms with Crippen molar-refractivity contribution in [1.29, 1.82) is 0 Å². The Morgan fingerprint density at radius 1 is 1.04 bits per heavy atom. The maximum atomic E-state index is 12.2. The van der Waals surface area contributed by atoms with Crippen molar-refractivity contribution in [1.82, 2.24) is 10.0 Å². The smallest absolute Gasteiger partial charge is 0.343 e. The monoisotopic (exact) mass is 406 g/mol. The highest BCUT2D eigenvalue weighted by molar-refractivity contribution is 7.89. The minimum absolute atomic E-state index is 0.0454. The molecule has 2 N–H and O–H groups in total. The maximum Gasteiger partial charge on any atom is 0.343 e. The molecular formula is C19H22N2O6S. The molecule has 1 amide bonds. The van der Waals surface area contributed by atoms with Gasteiger partial charge in [0, 0.05) is 18.7 Å². The summed E-state index contributed by atoms with van der Waals surface area (Å²) in [6, 6.07) is 15.3. The summed E-state index contributed by atoms with van der Waals surface area (Å²) in [6.07, 6.45) is 0. The zero-order valence-electron chi connectivity index (χ0n) is 15.4. The largest absolute Gasteiger partial charge is 0.482 e. The van der Waals surface area contributed by atoms with Gasteiger partial charge in [-0.05, 0) is 23.8 Å². The molecule has 0 aliphatic rings. The van der Waals surface area contributed by atoms with Crippen molar-refractivity contribution in [2.24, 2.45) is 0 Å². The Hall–Kier alpha value is -2.91. The second-order valence-corrected chi connectivity index (χ2v) is 7.70. The molecule has 0 bridgehead atoms. The van der Waals surface area contributed by atoms with Crippen LogP contribution in [0.1, 0.15) is 15.9 Å². The van der Waals surface area contributed by atoms with Crippen molar-refractivity contribution in [3.05, 3.63) is 65.7 Å². The first-order valence-corrected chi connectivity index (χ1v) is 10.1. The lowest BCUT2D eigenvalue weighted by Gasteiger charge is -2.09. The van der Waals surface area contributed by atoms with E-state index in [1.165, 1.54) is 13.2 Å². The van der Waals surface area contributed by atoms with Crippen LogP contribution in [0.15, 0.2) is 54.6 Å². The molecular weight excluding hydrogens is 384 g/mol. The van der Waals surface area contributed by atoms with Crippen LogP contribution >= 0.6 is 0 Å². The number of amides is 1. The molecule has 0 aliphatic carbocycles. The summed E-state index contributed by atoms with van der Waals surface area (Å²) in [6.45, 7) is -0.125. The summed E-state index contributed by atoms with van der Waals surface area (Å²) >= 11 is 0. The summed E-state index contributed by atoms with van der Waals surface area (Å²) in [5.74, 6) is -0.899. The van der Waals surface area contributed by atoms with Crippen LogP contribution in [0, 0.1) is 0 Å². The average molecular weight is 406 g/mol. The predicted octanol–water partition coefficient (Wildman–Crippen LogP) is 1.09. The van der Waals surface area contributed by atoms with E-state index in [9.17, 15) is 18.0 Å². The van der Waals surface area contributed by atoms with Crippen molar-refractivity contribution in [2.75, 3.05) is 26.0 Å². The van der Waals surface area contributed by atoms with Crippen molar-refractivity contribution >= 4 is 21.9 Å². The number of benzene rings is 2. The molecule has 2 aromatic rings. The van der Waals surface area contributed by atoms with E-state index in [-0.39, 0.29) is 31.0 Å². The fourth-order valence-electron chi connectivity index (χ4n) is 2.19. The topological polar surface area (TPSA) is 111 Å². The maximum absolute atomic E-state index is 12.2. The molecule has 0 atom stereocenters. The molecule has 2 aromatic carbocycles. The Morgan fingerprint density at radius 2 is 1.79 bits per heavy atom. The first-order chi connectivity index (χ1) is 13.4. The van der Waals surface area contributed by atoms with Crippen molar-refractivity contribution in [3.63, 3.8) is 0 Å². The van der Waals surface area contributed by atoms with Gasteiger partial charge in [-0.1, -0.05) is 36.4 Å². The molecule has 0 saturated carbocycles. The zero-order valence-corrected chi connectivity index (χ0v) is 16.2. The number of rotatable bonds is 10. The Kier molecular flexibility index (Phi) is 7.97. The van der Waals surface area contributed by atoms with Gasteiger partial charge in [0.25, 0.3) is 5.91 Å². The lowest BCUT2D eigenvalue weighted by atomic mass is 10.2. The minimum Gasteiger partial charge on any atom is -0.482 e. The van der Waals surface area contributed by atoms with E-state index in [1.54, 1.807) is 18.2 Å². The molecule has 9 heteroatoms. The Labute approximate surface area is 163 Å². The molecule has 0 radical (unpaired) electrons. The Balaban J connectivity index is 1.80. The van der Waals surface area contributed by atoms with E-state index in [1.807, 2.05) is 30.3 Å². The molecule has 0 spiro atoms. The molecule has 28 heavy (non-hydrogen) atoms. The third-order valence-corrected chi connectivity index (χ3v) is 5.00. The van der Waals surface area contributed by atoms with E-state index >= 15 is 0 Å². The SMILES string of the molecule is COC(=O)COc1cccc(C(=O)NCCS(=O)(=O)NCc2ccccc2)c1. The molecule has 0 heterocycles. The van der Waals surface area contributed by atoms with Crippen molar-refractivity contribution in [2.45, 2.75) is 6.54 Å². The van der Waals surface area contributed by atoms with Crippen LogP contribution in [-0.2, 0) is 26.1 Å². The first kappa shape index (κ1) is 21.4. The van der Waals surface area contributed by atoms with Crippen LogP contribution < -0.4 is 14.8 Å². The highest BCUT2D eigenvalue weighted by Crippen LogP contribution is 2.13. The van der Waals surface area contributed by atoms with Gasteiger partial charge in [0.2, 0.25) is 10.0 Å². The van der Waals surface area contributed by atoms with Crippen LogP contribution in [0.3, 0.4) is 0 Å². The highest BCUT2D eigenvalue weighted by Gasteiger charge is 2.12. The lowest BCUT2D eigenvalue weighted by molar-refractivity contribution is -0.142. The number of sulfonamides is 1. The third-order valence-electron chi connectivity index (χ3n) is 3.68. The molecule has 150 valence electrons. The van der Waals surface area contributed by atoms with Gasteiger partial charge in [0.05, 0.1) is 12.9 Å². The fourth-order valence-corrected chi connectivity index (χ4v) is 3.09. The number of carbonyl (C=O) groups is 2. The summed E-state index contributed by atoms with van der Waals surface area (Å²) in [5.41, 5.74) is 1.14. The molecule has 8 nitrogen and oxygen atoms in total. The zero-order chi connectivity index (χ0) is 20.4. The molecule has 2 rings (SSSR count). The summed E-state index contributed by atoms with van der Waals surface area (Å²) < 4.78 is 36.2. The standard InChI is InChI=1S/C19H22N2O6S/c1-26-18(22)14-27-17-9-5-8-16(12-17)19(23)20-10-11-28(24,25)21-13-15-6-3-2-4-7-15/h2-9,12,21H,10-11,13-14H2,1H3,(H,20,23). The third kappa shape index (κ3) is 7.37. The van der Waals surface area contributed by atoms with Crippen molar-refractivity contribution < 1.29 is 27.5 Å². The Bertz CT molecular complexity index is 900. The molecule has 0 fully saturated rings. The molecule has 0 aliphatic heterocycles. The van der Waals surface area contributed by atoms with Gasteiger partial charge in [-0.15, -0.1) is 0 Å². The predicted molar refractivity (Wildman–Crippen MR) is 103 cm³/mol. The number of esters is 1. The van der Waals surface area contributed by atoms with Crippen LogP contribution in [0.2, 0.25) is 0 Å². The number of methoxy groups -OCH3 is 1. The number of hydrogen-bond donors (Lipinski definition) is 2. The van der Waals surface area contributed by atoms with Crippen LogP contribution in [-0.4, -0.2) is 46.3 Å². The highest BCUT2D eigenvalue weighted by atomic mass is 32.2. The van der Waals surface area contributed by atoms with Crippen LogP contribution in [0.5, 0.6) is 5.75 Å². The van der Waals surface area contributed by atoms with Gasteiger partial charge >= 0.3 is 5.97 Å². The van der Waals surface area contributed by atoms with Gasteiger partial charge in [-0.25, -0.2) is 17.9 Å². The second kappa shape index (κ2) is 10.4. The summed E-state index contributed by atoms with van der Waals surface area (Å²) in [7, 11) is -2.28. The second-order valence-electron chi connectivity index (χ2n) is 5.77. The normalized spacial score (nSPS) is 10.9. The average Bonchev–Trinajstić information content (AvgIpc) is 2.71. The van der Waals surface area contributed by atoms with E-state index in [0.717, 1.165) is 5.56 Å². The number of ether oxygens (including phenoxy) is 2. The number of carbonyl (C=O) groups excluding carboxylic acids is 2. The number of nitrogens with one attached hydrogen (secondary N) is 2. The number of hydrogen-bond acceptors (Lipinski definition) is 6. The van der Waals surface area contributed by atoms with E-state index < -0.39 is 21.9 Å². The van der Waals surface area contributed by atoms with Crippen molar-refractivity contribution in [3.8, 4) is 5.75 Å². The lowest BCUT2D eigenvalue weighted by Crippen LogP contribution is -2.34. The van der Waals surface area contributed by atoms with Gasteiger partial charge in [0.15, 0.2) is 6.61 Å². The molecule has 0 saturated heterocycles. The first-order valence-electron chi connectivity index (χ1n) is 8.49. The van der Waals surface area contributed by atoms with E-state index in [4.69, 9.17) is 4.74 Å². The molecule has 0 aromatic heterocycles.